The van der Waals surface area contributed by atoms with Crippen LogP contribution in [0.4, 0.5) is 0 Å². The summed E-state index contributed by atoms with van der Waals surface area (Å²) in [4.78, 5) is 53.9. The number of hydrogen-bond donors (Lipinski definition) is 1. The Morgan fingerprint density at radius 1 is 0.625 bits per heavy atom. The van der Waals surface area contributed by atoms with Gasteiger partial charge >= 0.3 is 23.9 Å². The molecule has 0 fully saturated rings. The van der Waals surface area contributed by atoms with Crippen LogP contribution in [0.3, 0.4) is 0 Å². The topological polar surface area (TPSA) is 116 Å². The number of carboxylic acid groups (broad SMARTS) is 1. The second-order valence-electron chi connectivity index (χ2n) is 6.04. The molecule has 0 saturated heterocycles. The summed E-state index contributed by atoms with van der Waals surface area (Å²) in [7, 11) is 0. The zero-order chi connectivity index (χ0) is 23.3. The van der Waals surface area contributed by atoms with Gasteiger partial charge in [-0.1, -0.05) is 48.5 Å². The molecule has 0 saturated carbocycles. The van der Waals surface area contributed by atoms with Crippen LogP contribution in [0.1, 0.15) is 48.4 Å². The van der Waals surface area contributed by atoms with Gasteiger partial charge in [-0.25, -0.2) is 29.0 Å². The number of carbonyl (C=O) groups is 4. The Labute approximate surface area is 183 Å². The fraction of sp³-hybridized carbons (Fsp3) is 0.0833. The van der Waals surface area contributed by atoms with Gasteiger partial charge in [0.2, 0.25) is 0 Å². The number of benzene rings is 3. The Morgan fingerprint density at radius 3 is 1.44 bits per heavy atom. The zero-order valence-electron chi connectivity index (χ0n) is 17.1. The van der Waals surface area contributed by atoms with Crippen LogP contribution in [0.15, 0.2) is 84.9 Å². The number of esters is 1. The molecule has 3 rings (SSSR count). The highest BCUT2D eigenvalue weighted by molar-refractivity contribution is 6.02. The molecule has 3 aromatic carbocycles. The molecule has 0 spiro atoms. The van der Waals surface area contributed by atoms with Crippen LogP contribution in [-0.4, -0.2) is 35.6 Å². The van der Waals surface area contributed by atoms with Gasteiger partial charge in [-0.15, -0.1) is 0 Å². The van der Waals surface area contributed by atoms with Crippen molar-refractivity contribution in [1.82, 2.24) is 0 Å². The summed E-state index contributed by atoms with van der Waals surface area (Å²) in [5.74, 6) is -3.15. The summed E-state index contributed by atoms with van der Waals surface area (Å²) in [6.07, 6.45) is 0. The molecule has 0 bridgehead atoms. The molecule has 0 atom stereocenters. The normalized spacial score (nSPS) is 9.53. The molecule has 0 radical (unpaired) electrons. The molecule has 32 heavy (non-hydrogen) atoms. The first-order chi connectivity index (χ1) is 15.4. The van der Waals surface area contributed by atoms with Crippen LogP contribution in [-0.2, 0) is 14.5 Å². The second kappa shape index (κ2) is 12.3. The Balaban J connectivity index is 0.000000235. The Bertz CT molecular complexity index is 1010. The third kappa shape index (κ3) is 7.10. The van der Waals surface area contributed by atoms with E-state index in [4.69, 9.17) is 9.84 Å². The minimum atomic E-state index is -1.13. The van der Waals surface area contributed by atoms with E-state index >= 15 is 0 Å². The average molecular weight is 436 g/mol. The van der Waals surface area contributed by atoms with Gasteiger partial charge in [-0.2, -0.15) is 0 Å². The van der Waals surface area contributed by atoms with Gasteiger partial charge in [0.1, 0.15) is 0 Å². The number of hydrogen-bond acceptors (Lipinski definition) is 7. The van der Waals surface area contributed by atoms with E-state index in [1.807, 2.05) is 0 Å². The van der Waals surface area contributed by atoms with Gasteiger partial charge in [-0.05, 0) is 43.3 Å². The Kier molecular flexibility index (Phi) is 9.14. The largest absolute Gasteiger partial charge is 0.478 e. The Hall–Kier alpha value is -4.46. The zero-order valence-corrected chi connectivity index (χ0v) is 17.1. The van der Waals surface area contributed by atoms with Crippen LogP contribution in [0, 0.1) is 0 Å². The van der Waals surface area contributed by atoms with Crippen molar-refractivity contribution in [2.24, 2.45) is 0 Å². The minimum absolute atomic E-state index is 0.0362. The van der Waals surface area contributed by atoms with Crippen molar-refractivity contribution in [3.63, 3.8) is 0 Å². The molecule has 8 nitrogen and oxygen atoms in total. The van der Waals surface area contributed by atoms with E-state index in [0.29, 0.717) is 11.1 Å². The molecular weight excluding hydrogens is 416 g/mol. The summed E-state index contributed by atoms with van der Waals surface area (Å²) < 4.78 is 4.72. The Morgan fingerprint density at radius 2 is 1.03 bits per heavy atom. The van der Waals surface area contributed by atoms with E-state index < -0.39 is 23.9 Å². The molecular formula is C24H20O8. The second-order valence-corrected chi connectivity index (χ2v) is 6.04. The molecule has 0 amide bonds. The fourth-order valence-electron chi connectivity index (χ4n) is 2.38. The highest BCUT2D eigenvalue weighted by atomic mass is 17.2. The lowest BCUT2D eigenvalue weighted by Gasteiger charge is -2.04. The van der Waals surface area contributed by atoms with Crippen LogP contribution in [0.2, 0.25) is 0 Å². The third-order valence-corrected chi connectivity index (χ3v) is 3.86. The van der Waals surface area contributed by atoms with Crippen molar-refractivity contribution in [2.45, 2.75) is 6.92 Å². The van der Waals surface area contributed by atoms with Crippen molar-refractivity contribution in [3.05, 3.63) is 107 Å². The first-order valence-electron chi connectivity index (χ1n) is 9.46. The molecule has 0 aliphatic heterocycles. The van der Waals surface area contributed by atoms with Gasteiger partial charge in [0.25, 0.3) is 0 Å². The third-order valence-electron chi connectivity index (χ3n) is 3.86. The summed E-state index contributed by atoms with van der Waals surface area (Å²) in [6.45, 7) is 1.90. The number of carbonyl (C=O) groups excluding carboxylic acids is 3. The van der Waals surface area contributed by atoms with E-state index in [1.165, 1.54) is 12.1 Å². The molecule has 0 aliphatic carbocycles. The molecule has 0 aliphatic rings. The van der Waals surface area contributed by atoms with E-state index in [0.717, 1.165) is 0 Å². The predicted octanol–water partition coefficient (Wildman–Crippen LogP) is 4.18. The fourth-order valence-corrected chi connectivity index (χ4v) is 2.38. The van der Waals surface area contributed by atoms with Crippen molar-refractivity contribution >= 4 is 23.9 Å². The average Bonchev–Trinajstić information content (AvgIpc) is 2.84. The summed E-state index contributed by atoms with van der Waals surface area (Å²) >= 11 is 0. The smallest absolute Gasteiger partial charge is 0.386 e. The lowest BCUT2D eigenvalue weighted by molar-refractivity contribution is -0.187. The van der Waals surface area contributed by atoms with Crippen LogP contribution in [0.25, 0.3) is 0 Å². The van der Waals surface area contributed by atoms with Gasteiger partial charge in [0.15, 0.2) is 0 Å². The van der Waals surface area contributed by atoms with E-state index in [2.05, 4.69) is 9.78 Å². The number of carboxylic acids is 1. The highest BCUT2D eigenvalue weighted by Gasteiger charge is 2.16. The minimum Gasteiger partial charge on any atom is -0.478 e. The van der Waals surface area contributed by atoms with E-state index in [9.17, 15) is 19.2 Å². The van der Waals surface area contributed by atoms with E-state index in [1.54, 1.807) is 79.7 Å². The lowest BCUT2D eigenvalue weighted by Crippen LogP contribution is -2.11. The lowest BCUT2D eigenvalue weighted by atomic mass is 10.1. The first-order valence-corrected chi connectivity index (χ1v) is 9.46. The predicted molar refractivity (Wildman–Crippen MR) is 113 cm³/mol. The number of aromatic carboxylic acids is 1. The molecule has 8 heteroatoms. The summed E-state index contributed by atoms with van der Waals surface area (Å²) in [5.41, 5.74) is 0.685. The maximum absolute atomic E-state index is 11.5. The summed E-state index contributed by atoms with van der Waals surface area (Å²) in [5, 5.41) is 8.77. The molecule has 0 heterocycles. The molecule has 164 valence electrons. The van der Waals surface area contributed by atoms with Gasteiger partial charge in [0.05, 0.1) is 28.9 Å². The standard InChI is InChI=1S/C14H10O4.C10H10O4/c15-13(11-7-3-1-4-8-11)17-18-14(16)12-9-5-2-6-10-12;1-2-14-10(13)8-6-4-3-5-7(8)9(11)12/h1-10H;3-6H,2H2,1H3,(H,11,12). The number of ether oxygens (including phenoxy) is 1. The maximum Gasteiger partial charge on any atom is 0.386 e. The quantitative estimate of drug-likeness (QED) is 0.360. The first kappa shape index (κ1) is 23.8. The SMILES string of the molecule is CCOC(=O)c1ccccc1C(=O)O.O=C(OOC(=O)c1ccccc1)c1ccccc1. The van der Waals surface area contributed by atoms with E-state index in [-0.39, 0.29) is 17.7 Å². The van der Waals surface area contributed by atoms with Crippen LogP contribution in [0.5, 0.6) is 0 Å². The van der Waals surface area contributed by atoms with Crippen molar-refractivity contribution < 1.29 is 38.8 Å². The van der Waals surface area contributed by atoms with Crippen molar-refractivity contribution in [3.8, 4) is 0 Å². The van der Waals surface area contributed by atoms with Crippen molar-refractivity contribution in [1.29, 1.82) is 0 Å². The highest BCUT2D eigenvalue weighted by Crippen LogP contribution is 2.10. The summed E-state index contributed by atoms with van der Waals surface area (Å²) in [6, 6.07) is 22.5. The maximum atomic E-state index is 11.5. The number of rotatable bonds is 5. The molecule has 0 aromatic heterocycles. The van der Waals surface area contributed by atoms with Crippen molar-refractivity contribution in [2.75, 3.05) is 6.61 Å². The monoisotopic (exact) mass is 436 g/mol. The van der Waals surface area contributed by atoms with Crippen LogP contribution < -0.4 is 0 Å². The van der Waals surface area contributed by atoms with Gasteiger partial charge in [-0.3, -0.25) is 0 Å². The van der Waals surface area contributed by atoms with Gasteiger partial charge in [0, 0.05) is 0 Å². The molecule has 1 N–H and O–H groups in total. The molecule has 3 aromatic rings. The van der Waals surface area contributed by atoms with Crippen LogP contribution >= 0.6 is 0 Å². The van der Waals surface area contributed by atoms with Gasteiger partial charge < -0.3 is 9.84 Å². The molecule has 0 unspecified atom stereocenters.